The highest BCUT2D eigenvalue weighted by atomic mass is 32.2. The summed E-state index contributed by atoms with van der Waals surface area (Å²) in [6.07, 6.45) is 2.16. The van der Waals surface area contributed by atoms with Gasteiger partial charge in [0.05, 0.1) is 35.1 Å². The first-order chi connectivity index (χ1) is 16.8. The SMILES string of the molecule is COCCS(=O)(=O)CC1CC(=O)c2c([nH]c(-c3ccnc(NC(C)=O)c3)c2Nc2ccccc2)C1. The van der Waals surface area contributed by atoms with E-state index in [0.29, 0.717) is 34.9 Å². The molecule has 1 aliphatic carbocycles. The second-order valence-electron chi connectivity index (χ2n) is 8.64. The van der Waals surface area contributed by atoms with Crippen LogP contribution in [0.4, 0.5) is 17.2 Å². The molecule has 0 bridgehead atoms. The molecule has 9 nitrogen and oxygen atoms in total. The lowest BCUT2D eigenvalue weighted by Gasteiger charge is -2.22. The maximum atomic E-state index is 13.3. The van der Waals surface area contributed by atoms with Gasteiger partial charge in [-0.25, -0.2) is 13.4 Å². The van der Waals surface area contributed by atoms with Gasteiger partial charge in [0.1, 0.15) is 5.82 Å². The van der Waals surface area contributed by atoms with Crippen molar-refractivity contribution in [1.82, 2.24) is 9.97 Å². The fourth-order valence-corrected chi connectivity index (χ4v) is 5.89. The molecule has 1 aromatic carbocycles. The van der Waals surface area contributed by atoms with Crippen LogP contribution in [-0.4, -0.2) is 55.3 Å². The predicted molar refractivity (Wildman–Crippen MR) is 135 cm³/mol. The fraction of sp³-hybridized carbons (Fsp3) is 0.320. The third-order valence-corrected chi connectivity index (χ3v) is 7.58. The van der Waals surface area contributed by atoms with Crippen molar-refractivity contribution in [3.63, 3.8) is 0 Å². The van der Waals surface area contributed by atoms with Crippen molar-refractivity contribution in [2.75, 3.05) is 35.9 Å². The molecule has 3 aromatic rings. The van der Waals surface area contributed by atoms with Crippen molar-refractivity contribution >= 4 is 38.7 Å². The van der Waals surface area contributed by atoms with Crippen LogP contribution >= 0.6 is 0 Å². The van der Waals surface area contributed by atoms with Crippen molar-refractivity contribution in [2.45, 2.75) is 19.8 Å². The van der Waals surface area contributed by atoms with Gasteiger partial charge in [-0.05, 0) is 36.6 Å². The fourth-order valence-electron chi connectivity index (χ4n) is 4.35. The second-order valence-corrected chi connectivity index (χ2v) is 10.9. The molecule has 0 saturated carbocycles. The number of carbonyl (C=O) groups excluding carboxylic acids is 2. The standard InChI is InChI=1S/C25H28N4O5S/c1-16(30)27-22-14-18(8-9-26-22)24-25(28-19-6-4-3-5-7-19)23-20(29-24)12-17(13-21(23)31)15-35(32,33)11-10-34-2/h3-9,14,17,28-29H,10-13,15H2,1-2H3,(H,26,27,30). The number of rotatable bonds is 9. The molecule has 0 aliphatic heterocycles. The van der Waals surface area contributed by atoms with Gasteiger partial charge < -0.3 is 20.4 Å². The van der Waals surface area contributed by atoms with Gasteiger partial charge in [0, 0.05) is 43.6 Å². The number of pyridine rings is 1. The monoisotopic (exact) mass is 496 g/mol. The largest absolute Gasteiger partial charge is 0.384 e. The first kappa shape index (κ1) is 24.6. The van der Waals surface area contributed by atoms with Gasteiger partial charge in [-0.1, -0.05) is 18.2 Å². The van der Waals surface area contributed by atoms with Crippen LogP contribution in [-0.2, 0) is 25.8 Å². The zero-order valence-electron chi connectivity index (χ0n) is 19.6. The maximum Gasteiger partial charge on any atom is 0.222 e. The number of H-pyrrole nitrogens is 1. The van der Waals surface area contributed by atoms with E-state index in [2.05, 4.69) is 20.6 Å². The van der Waals surface area contributed by atoms with Crippen LogP contribution < -0.4 is 10.6 Å². The Kier molecular flexibility index (Phi) is 7.32. The summed E-state index contributed by atoms with van der Waals surface area (Å²) in [6.45, 7) is 1.54. The number of ketones is 1. The molecule has 2 heterocycles. The summed E-state index contributed by atoms with van der Waals surface area (Å²) >= 11 is 0. The van der Waals surface area contributed by atoms with Crippen LogP contribution in [0.5, 0.6) is 0 Å². The molecule has 1 amide bonds. The lowest BCUT2D eigenvalue weighted by atomic mass is 9.87. The number of sulfone groups is 1. The summed E-state index contributed by atoms with van der Waals surface area (Å²) in [7, 11) is -1.88. The molecule has 10 heteroatoms. The molecule has 2 aromatic heterocycles. The van der Waals surface area contributed by atoms with E-state index in [9.17, 15) is 18.0 Å². The summed E-state index contributed by atoms with van der Waals surface area (Å²) in [5, 5.41) is 6.04. The number of anilines is 3. The van der Waals surface area contributed by atoms with Crippen molar-refractivity contribution in [1.29, 1.82) is 0 Å². The van der Waals surface area contributed by atoms with Gasteiger partial charge in [-0.3, -0.25) is 9.59 Å². The van der Waals surface area contributed by atoms with E-state index in [0.717, 1.165) is 11.3 Å². The molecule has 0 fully saturated rings. The highest BCUT2D eigenvalue weighted by Crippen LogP contribution is 2.40. The number of nitrogens with one attached hydrogen (secondary N) is 3. The van der Waals surface area contributed by atoms with Crippen molar-refractivity contribution in [3.8, 4) is 11.3 Å². The Morgan fingerprint density at radius 2 is 1.97 bits per heavy atom. The summed E-state index contributed by atoms with van der Waals surface area (Å²) < 4.78 is 29.9. The molecule has 1 atom stereocenters. The van der Waals surface area contributed by atoms with Crippen molar-refractivity contribution in [2.24, 2.45) is 5.92 Å². The van der Waals surface area contributed by atoms with Crippen LogP contribution in [0.25, 0.3) is 11.3 Å². The smallest absolute Gasteiger partial charge is 0.222 e. The minimum absolute atomic E-state index is 0.0687. The van der Waals surface area contributed by atoms with E-state index >= 15 is 0 Å². The molecule has 1 unspecified atom stereocenters. The number of ether oxygens (including phenoxy) is 1. The first-order valence-corrected chi connectivity index (χ1v) is 13.1. The van der Waals surface area contributed by atoms with Crippen LogP contribution in [0, 0.1) is 5.92 Å². The molecular formula is C25H28N4O5S. The van der Waals surface area contributed by atoms with Gasteiger partial charge in [0.15, 0.2) is 15.6 Å². The number of fused-ring (bicyclic) bond motifs is 1. The Balaban J connectivity index is 1.73. The van der Waals surface area contributed by atoms with E-state index in [-0.39, 0.29) is 42.1 Å². The third-order valence-electron chi connectivity index (χ3n) is 5.81. The summed E-state index contributed by atoms with van der Waals surface area (Å²) in [4.78, 5) is 32.4. The van der Waals surface area contributed by atoms with E-state index in [4.69, 9.17) is 4.74 Å². The number of methoxy groups -OCH3 is 1. The van der Waals surface area contributed by atoms with E-state index in [1.54, 1.807) is 18.3 Å². The second kappa shape index (κ2) is 10.4. The van der Waals surface area contributed by atoms with E-state index in [1.165, 1.54) is 14.0 Å². The Morgan fingerprint density at radius 1 is 1.20 bits per heavy atom. The number of nitrogens with zero attached hydrogens (tertiary/aromatic N) is 1. The normalized spacial score (nSPS) is 15.5. The summed E-state index contributed by atoms with van der Waals surface area (Å²) in [5.41, 5.74) is 4.06. The highest BCUT2D eigenvalue weighted by molar-refractivity contribution is 7.91. The Morgan fingerprint density at radius 3 is 2.69 bits per heavy atom. The number of aromatic amines is 1. The Bertz CT molecular complexity index is 1340. The average molecular weight is 497 g/mol. The van der Waals surface area contributed by atoms with Crippen molar-refractivity contribution in [3.05, 3.63) is 59.9 Å². The lowest BCUT2D eigenvalue weighted by molar-refractivity contribution is -0.114. The van der Waals surface area contributed by atoms with Crippen LogP contribution in [0.15, 0.2) is 48.7 Å². The zero-order chi connectivity index (χ0) is 25.0. The number of amides is 1. The van der Waals surface area contributed by atoms with Crippen molar-refractivity contribution < 1.29 is 22.7 Å². The molecule has 3 N–H and O–H groups in total. The van der Waals surface area contributed by atoms with Gasteiger partial charge in [0.2, 0.25) is 5.91 Å². The molecule has 184 valence electrons. The first-order valence-electron chi connectivity index (χ1n) is 11.3. The minimum atomic E-state index is -3.35. The van der Waals surface area contributed by atoms with Gasteiger partial charge in [-0.2, -0.15) is 0 Å². The molecule has 0 radical (unpaired) electrons. The number of para-hydroxylation sites is 1. The molecule has 0 spiro atoms. The number of aromatic nitrogens is 2. The van der Waals surface area contributed by atoms with Gasteiger partial charge in [0.25, 0.3) is 0 Å². The lowest BCUT2D eigenvalue weighted by Crippen LogP contribution is -2.28. The molecular weight excluding hydrogens is 468 g/mol. The Labute approximate surface area is 204 Å². The number of benzene rings is 1. The van der Waals surface area contributed by atoms with E-state index in [1.807, 2.05) is 30.3 Å². The molecule has 0 saturated heterocycles. The van der Waals surface area contributed by atoms with E-state index < -0.39 is 9.84 Å². The van der Waals surface area contributed by atoms with Gasteiger partial charge >= 0.3 is 0 Å². The molecule has 1 aliphatic rings. The average Bonchev–Trinajstić information content (AvgIpc) is 3.16. The summed E-state index contributed by atoms with van der Waals surface area (Å²) in [5.74, 6) is -0.423. The number of Topliss-reactive ketones (excluding diaryl/α,β-unsaturated/α-hetero) is 1. The van der Waals surface area contributed by atoms with Gasteiger partial charge in [-0.15, -0.1) is 0 Å². The molecule has 4 rings (SSSR count). The highest BCUT2D eigenvalue weighted by Gasteiger charge is 2.34. The topological polar surface area (TPSA) is 130 Å². The summed E-state index contributed by atoms with van der Waals surface area (Å²) in [6, 6.07) is 13.0. The van der Waals surface area contributed by atoms with Crippen LogP contribution in [0.2, 0.25) is 0 Å². The minimum Gasteiger partial charge on any atom is -0.384 e. The molecule has 35 heavy (non-hydrogen) atoms. The zero-order valence-corrected chi connectivity index (χ0v) is 20.4. The number of carbonyl (C=O) groups is 2. The quantitative estimate of drug-likeness (QED) is 0.413. The van der Waals surface area contributed by atoms with Crippen LogP contribution in [0.1, 0.15) is 29.4 Å². The number of hydrogen-bond acceptors (Lipinski definition) is 7. The Hall–Kier alpha value is -3.50. The van der Waals surface area contributed by atoms with Crippen LogP contribution in [0.3, 0.4) is 0 Å². The predicted octanol–water partition coefficient (Wildman–Crippen LogP) is 3.59. The maximum absolute atomic E-state index is 13.3. The number of hydrogen-bond donors (Lipinski definition) is 3. The third kappa shape index (κ3) is 5.95.